The molecule has 13 nitrogen and oxygen atoms in total. The van der Waals surface area contributed by atoms with Crippen molar-refractivity contribution in [1.82, 2.24) is 24.5 Å². The van der Waals surface area contributed by atoms with Gasteiger partial charge in [-0.1, -0.05) is 4.52 Å². The first-order valence-electron chi connectivity index (χ1n) is 3.84. The third kappa shape index (κ3) is 1.41. The molecule has 2 heterocycles. The minimum absolute atomic E-state index is 0.0594. The molecule has 0 fully saturated rings. The first-order chi connectivity index (χ1) is 7.91. The van der Waals surface area contributed by atoms with Gasteiger partial charge in [0, 0.05) is 5.10 Å². The number of aromatic nitrogens is 5. The van der Waals surface area contributed by atoms with Gasteiger partial charge in [-0.2, -0.15) is 0 Å². The van der Waals surface area contributed by atoms with E-state index in [1.165, 1.54) is 0 Å². The summed E-state index contributed by atoms with van der Waals surface area (Å²) in [5.74, 6) is -2.50. The van der Waals surface area contributed by atoms with Crippen LogP contribution >= 0.6 is 0 Å². The fourth-order valence-electron chi connectivity index (χ4n) is 1.05. The third-order valence-electron chi connectivity index (χ3n) is 1.71. The van der Waals surface area contributed by atoms with Crippen LogP contribution in [0.15, 0.2) is 0 Å². The summed E-state index contributed by atoms with van der Waals surface area (Å²) < 4.78 is 0.434. The van der Waals surface area contributed by atoms with E-state index >= 15 is 0 Å². The molecule has 0 bridgehead atoms. The lowest BCUT2D eigenvalue weighted by atomic mass is 10.7. The van der Waals surface area contributed by atoms with Crippen LogP contribution in [0.4, 0.5) is 11.8 Å². The molecule has 0 unspecified atom stereocenters. The van der Waals surface area contributed by atoms with Crippen LogP contribution in [0.1, 0.15) is 0 Å². The molecule has 0 atom stereocenters. The van der Waals surface area contributed by atoms with Gasteiger partial charge in [-0.25, -0.2) is 0 Å². The molecule has 0 saturated heterocycles. The predicted molar refractivity (Wildman–Crippen MR) is 45.1 cm³/mol. The largest absolute Gasteiger partial charge is 0.493 e. The molecule has 0 amide bonds. The zero-order valence-corrected chi connectivity index (χ0v) is 7.71. The maximum atomic E-state index is 10.5. The summed E-state index contributed by atoms with van der Waals surface area (Å²) in [6, 6.07) is 0. The monoisotopic (exact) mass is 242 g/mol. The number of hydrogen-bond donors (Lipinski definition) is 2. The highest BCUT2D eigenvalue weighted by Crippen LogP contribution is 2.06. The van der Waals surface area contributed by atoms with Gasteiger partial charge < -0.3 is 25.4 Å². The van der Waals surface area contributed by atoms with Gasteiger partial charge in [-0.3, -0.25) is 5.41 Å². The summed E-state index contributed by atoms with van der Waals surface area (Å²) in [4.78, 5) is 22.0. The Bertz CT molecular complexity index is 698. The zero-order chi connectivity index (χ0) is 12.7. The molecule has 0 aromatic carbocycles. The van der Waals surface area contributed by atoms with Crippen molar-refractivity contribution >= 4 is 17.5 Å². The third-order valence-corrected chi connectivity index (χ3v) is 1.71. The number of nitrogens with zero attached hydrogens (tertiary/aromatic N) is 7. The molecule has 2 aromatic heterocycles. The van der Waals surface area contributed by atoms with Crippen molar-refractivity contribution < 1.29 is 15.1 Å². The van der Waals surface area contributed by atoms with Crippen LogP contribution in [-0.2, 0) is 0 Å². The second-order valence-corrected chi connectivity index (χ2v) is 2.70. The first kappa shape index (κ1) is 10.4. The zero-order valence-electron chi connectivity index (χ0n) is 7.71. The van der Waals surface area contributed by atoms with Gasteiger partial charge in [0.05, 0.1) is 4.85 Å². The minimum Gasteiger partial charge on any atom is -0.391 e. The molecule has 88 valence electrons. The van der Waals surface area contributed by atoms with E-state index in [0.717, 1.165) is 0 Å². The Balaban J connectivity index is 2.89. The van der Waals surface area contributed by atoms with E-state index in [9.17, 15) is 25.4 Å². The van der Waals surface area contributed by atoms with E-state index in [2.05, 4.69) is 15.2 Å². The Morgan fingerprint density at radius 2 is 1.88 bits per heavy atom. The number of nitrogens with one attached hydrogen (secondary N) is 1. The maximum Gasteiger partial charge on any atom is 0.493 e. The van der Waals surface area contributed by atoms with Crippen LogP contribution in [-0.4, -0.2) is 39.6 Å². The summed E-state index contributed by atoms with van der Waals surface area (Å²) >= 11 is 0. The van der Waals surface area contributed by atoms with E-state index in [0.29, 0.717) is 4.52 Å². The van der Waals surface area contributed by atoms with Gasteiger partial charge in [-0.05, 0) is 14.8 Å². The van der Waals surface area contributed by atoms with Gasteiger partial charge in [0.25, 0.3) is 5.49 Å². The number of hydrogen-bond acceptors (Lipinski definition) is 9. The van der Waals surface area contributed by atoms with E-state index in [-0.39, 0.29) is 4.85 Å². The lowest BCUT2D eigenvalue weighted by molar-refractivity contribution is -0.394. The number of rotatable bonds is 2. The highest BCUT2D eigenvalue weighted by Gasteiger charge is 2.27. The minimum atomic E-state index is -1.04. The Morgan fingerprint density at radius 1 is 1.24 bits per heavy atom. The predicted octanol–water partition coefficient (Wildman–Crippen LogP) is -1.54. The SMILES string of the molecule is N=c1c([N+](=O)[O-])nn(O)c2nc([N+](=O)[O-])nn12. The average molecular weight is 242 g/mol. The van der Waals surface area contributed by atoms with Crippen LogP contribution in [0.25, 0.3) is 5.78 Å². The molecule has 0 spiro atoms. The van der Waals surface area contributed by atoms with E-state index in [1.807, 2.05) is 0 Å². The van der Waals surface area contributed by atoms with Crippen molar-refractivity contribution in [1.29, 1.82) is 5.41 Å². The van der Waals surface area contributed by atoms with E-state index in [1.54, 1.807) is 0 Å². The lowest BCUT2D eigenvalue weighted by Crippen LogP contribution is -2.24. The second-order valence-electron chi connectivity index (χ2n) is 2.70. The Morgan fingerprint density at radius 3 is 2.41 bits per heavy atom. The molecular weight excluding hydrogens is 240 g/mol. The quantitative estimate of drug-likeness (QED) is 0.361. The Kier molecular flexibility index (Phi) is 1.95. The van der Waals surface area contributed by atoms with Gasteiger partial charge in [0.15, 0.2) is 0 Å². The van der Waals surface area contributed by atoms with E-state index in [4.69, 9.17) is 5.41 Å². The molecule has 0 aliphatic rings. The van der Waals surface area contributed by atoms with Crippen LogP contribution in [0.2, 0.25) is 0 Å². The summed E-state index contributed by atoms with van der Waals surface area (Å²) in [6.45, 7) is 0. The van der Waals surface area contributed by atoms with Gasteiger partial charge in [0.1, 0.15) is 5.10 Å². The Labute approximate surface area is 89.3 Å². The molecule has 2 rings (SSSR count). The van der Waals surface area contributed by atoms with Crippen LogP contribution in [0, 0.1) is 25.6 Å². The molecule has 17 heavy (non-hydrogen) atoms. The summed E-state index contributed by atoms with van der Waals surface area (Å²) in [7, 11) is 0. The Hall–Kier alpha value is -3.12. The molecule has 0 radical (unpaired) electrons. The molecule has 0 aliphatic carbocycles. The highest BCUT2D eigenvalue weighted by atomic mass is 16.6. The van der Waals surface area contributed by atoms with Crippen LogP contribution < -0.4 is 5.49 Å². The highest BCUT2D eigenvalue weighted by molar-refractivity contribution is 5.31. The fourth-order valence-corrected chi connectivity index (χ4v) is 1.05. The number of nitro groups is 2. The second kappa shape index (κ2) is 3.19. The number of fused-ring (bicyclic) bond motifs is 1. The normalized spacial score (nSPS) is 10.6. The molecular formula is C4H2N8O5. The summed E-state index contributed by atoms with van der Waals surface area (Å²) in [5, 5.41) is 43.6. The topological polar surface area (TPSA) is 178 Å². The maximum absolute atomic E-state index is 10.5. The van der Waals surface area contributed by atoms with Crippen molar-refractivity contribution in [2.45, 2.75) is 0 Å². The standard InChI is InChI=1S/C4H2N8O5/c5-1-2(11(14)15)7-10(13)4-6-3(12(16)17)8-9(1)4/h5,13H. The summed E-state index contributed by atoms with van der Waals surface area (Å²) in [6.07, 6.45) is 0. The van der Waals surface area contributed by atoms with Gasteiger partial charge >= 0.3 is 17.5 Å². The smallest absolute Gasteiger partial charge is 0.391 e. The van der Waals surface area contributed by atoms with Crippen LogP contribution in [0.5, 0.6) is 0 Å². The summed E-state index contributed by atoms with van der Waals surface area (Å²) in [5.41, 5.74) is -0.837. The van der Waals surface area contributed by atoms with Crippen LogP contribution in [0.3, 0.4) is 0 Å². The lowest BCUT2D eigenvalue weighted by Gasteiger charge is -1.92. The molecule has 2 N–H and O–H groups in total. The average Bonchev–Trinajstić information content (AvgIpc) is 2.68. The van der Waals surface area contributed by atoms with Crippen molar-refractivity contribution in [2.24, 2.45) is 0 Å². The van der Waals surface area contributed by atoms with Crippen molar-refractivity contribution in [2.75, 3.05) is 0 Å². The van der Waals surface area contributed by atoms with E-state index < -0.39 is 32.9 Å². The molecule has 2 aromatic rings. The van der Waals surface area contributed by atoms with Gasteiger partial charge in [0.2, 0.25) is 0 Å². The first-order valence-corrected chi connectivity index (χ1v) is 3.84. The molecule has 0 saturated carbocycles. The molecule has 0 aliphatic heterocycles. The molecule has 13 heteroatoms. The van der Waals surface area contributed by atoms with Crippen molar-refractivity contribution in [3.8, 4) is 0 Å². The van der Waals surface area contributed by atoms with Crippen molar-refractivity contribution in [3.05, 3.63) is 25.7 Å². The van der Waals surface area contributed by atoms with Gasteiger partial charge in [-0.15, -0.1) is 0 Å². The fraction of sp³-hybridized carbons (Fsp3) is 0. The van der Waals surface area contributed by atoms with Crippen molar-refractivity contribution in [3.63, 3.8) is 0 Å².